The smallest absolute Gasteiger partial charge is 0.267 e. The topological polar surface area (TPSA) is 62.3 Å². The number of hydrogen-bond donors (Lipinski definition) is 1. The van der Waals surface area contributed by atoms with Crippen molar-refractivity contribution in [2.24, 2.45) is 0 Å². The van der Waals surface area contributed by atoms with E-state index < -0.39 is 10.0 Å². The molecule has 6 heteroatoms. The summed E-state index contributed by atoms with van der Waals surface area (Å²) in [5.41, 5.74) is 2.67. The van der Waals surface area contributed by atoms with Gasteiger partial charge in [-0.25, -0.2) is 13.4 Å². The molecule has 1 aromatic heterocycles. The molecule has 0 aliphatic carbocycles. The van der Waals surface area contributed by atoms with Crippen LogP contribution in [0.1, 0.15) is 11.1 Å². The van der Waals surface area contributed by atoms with Crippen LogP contribution >= 0.6 is 0 Å². The van der Waals surface area contributed by atoms with Crippen molar-refractivity contribution in [2.75, 3.05) is 23.7 Å². The average Bonchev–Trinajstić information content (AvgIpc) is 2.46. The van der Waals surface area contributed by atoms with Crippen molar-refractivity contribution >= 4 is 21.5 Å². The second-order valence-electron chi connectivity index (χ2n) is 4.86. The van der Waals surface area contributed by atoms with Gasteiger partial charge in [0, 0.05) is 20.3 Å². The molecule has 1 heterocycles. The largest absolute Gasteiger partial charge is 0.372 e. The third-order valence-electron chi connectivity index (χ3n) is 3.34. The van der Waals surface area contributed by atoms with Crippen LogP contribution in [0.3, 0.4) is 0 Å². The molecule has 21 heavy (non-hydrogen) atoms. The number of pyridine rings is 1. The number of aromatic nitrogens is 1. The zero-order valence-corrected chi connectivity index (χ0v) is 13.4. The minimum absolute atomic E-state index is 0.162. The predicted molar refractivity (Wildman–Crippen MR) is 85.3 cm³/mol. The molecule has 1 N–H and O–H groups in total. The van der Waals surface area contributed by atoms with E-state index in [0.717, 1.165) is 11.1 Å². The van der Waals surface area contributed by atoms with E-state index in [-0.39, 0.29) is 4.90 Å². The number of anilines is 2. The summed E-state index contributed by atoms with van der Waals surface area (Å²) in [4.78, 5) is 4.22. The minimum Gasteiger partial charge on any atom is -0.372 e. The average molecular weight is 305 g/mol. The van der Waals surface area contributed by atoms with Crippen LogP contribution in [0.4, 0.5) is 11.5 Å². The van der Waals surface area contributed by atoms with Gasteiger partial charge in [0.15, 0.2) is 0 Å². The highest BCUT2D eigenvalue weighted by Gasteiger charge is 2.25. The Bertz CT molecular complexity index is 757. The van der Waals surface area contributed by atoms with Crippen molar-refractivity contribution in [3.05, 3.63) is 47.7 Å². The first-order valence-electron chi connectivity index (χ1n) is 6.57. The van der Waals surface area contributed by atoms with Crippen molar-refractivity contribution in [1.82, 2.24) is 4.98 Å². The summed E-state index contributed by atoms with van der Waals surface area (Å²) in [6.45, 7) is 3.88. The fourth-order valence-electron chi connectivity index (χ4n) is 2.22. The molecular weight excluding hydrogens is 286 g/mol. The van der Waals surface area contributed by atoms with Gasteiger partial charge in [-0.2, -0.15) is 0 Å². The van der Waals surface area contributed by atoms with Crippen molar-refractivity contribution in [3.63, 3.8) is 0 Å². The van der Waals surface area contributed by atoms with E-state index in [2.05, 4.69) is 10.3 Å². The summed E-state index contributed by atoms with van der Waals surface area (Å²) in [6, 6.07) is 8.84. The normalized spacial score (nSPS) is 11.2. The Morgan fingerprint density at radius 1 is 1.19 bits per heavy atom. The first kappa shape index (κ1) is 15.3. The molecule has 5 nitrogen and oxygen atoms in total. The summed E-state index contributed by atoms with van der Waals surface area (Å²) in [5, 5.41) is 2.81. The van der Waals surface area contributed by atoms with Crippen LogP contribution in [0.25, 0.3) is 0 Å². The van der Waals surface area contributed by atoms with E-state index in [1.165, 1.54) is 4.31 Å². The lowest BCUT2D eigenvalue weighted by atomic mass is 10.1. The fraction of sp³-hybridized carbons (Fsp3) is 0.267. The second-order valence-corrected chi connectivity index (χ2v) is 6.80. The van der Waals surface area contributed by atoms with Crippen LogP contribution in [0.5, 0.6) is 0 Å². The maximum atomic E-state index is 12.8. The summed E-state index contributed by atoms with van der Waals surface area (Å²) in [5.74, 6) is 0.342. The lowest BCUT2D eigenvalue weighted by molar-refractivity contribution is 0.594. The fourth-order valence-corrected chi connectivity index (χ4v) is 3.63. The van der Waals surface area contributed by atoms with E-state index in [1.54, 1.807) is 32.4 Å². The number of rotatable bonds is 4. The number of nitrogens with one attached hydrogen (secondary N) is 1. The van der Waals surface area contributed by atoms with Gasteiger partial charge in [-0.15, -0.1) is 0 Å². The zero-order chi connectivity index (χ0) is 15.6. The third-order valence-corrected chi connectivity index (χ3v) is 5.14. The van der Waals surface area contributed by atoms with Gasteiger partial charge in [-0.1, -0.05) is 17.7 Å². The Morgan fingerprint density at radius 3 is 2.52 bits per heavy atom. The van der Waals surface area contributed by atoms with Gasteiger partial charge in [0.05, 0.1) is 5.69 Å². The Labute approximate surface area is 125 Å². The molecule has 0 unspecified atom stereocenters. The van der Waals surface area contributed by atoms with Gasteiger partial charge < -0.3 is 5.32 Å². The molecule has 112 valence electrons. The molecule has 0 bridgehead atoms. The lowest BCUT2D eigenvalue weighted by Gasteiger charge is -2.22. The zero-order valence-electron chi connectivity index (χ0n) is 12.6. The van der Waals surface area contributed by atoms with Gasteiger partial charge in [0.1, 0.15) is 10.7 Å². The van der Waals surface area contributed by atoms with Crippen LogP contribution in [-0.4, -0.2) is 27.5 Å². The molecule has 0 saturated carbocycles. The van der Waals surface area contributed by atoms with Gasteiger partial charge >= 0.3 is 0 Å². The quantitative estimate of drug-likeness (QED) is 0.943. The van der Waals surface area contributed by atoms with Gasteiger partial charge in [0.25, 0.3) is 10.0 Å². The van der Waals surface area contributed by atoms with Crippen LogP contribution in [0.2, 0.25) is 0 Å². The first-order valence-corrected chi connectivity index (χ1v) is 8.01. The summed E-state index contributed by atoms with van der Waals surface area (Å²) in [6.07, 6.45) is 1.56. The van der Waals surface area contributed by atoms with Crippen molar-refractivity contribution in [2.45, 2.75) is 18.7 Å². The highest BCUT2D eigenvalue weighted by atomic mass is 32.2. The molecule has 2 rings (SSSR count). The molecule has 0 saturated heterocycles. The van der Waals surface area contributed by atoms with E-state index in [1.807, 2.05) is 32.0 Å². The van der Waals surface area contributed by atoms with Crippen LogP contribution < -0.4 is 9.62 Å². The maximum Gasteiger partial charge on any atom is 0.267 e. The molecule has 0 fully saturated rings. The Kier molecular flexibility index (Phi) is 4.18. The molecule has 0 spiro atoms. The SMILES string of the molecule is CNc1ncccc1S(=O)(=O)N(C)c1ccc(C)cc1C. The second kappa shape index (κ2) is 5.73. The van der Waals surface area contributed by atoms with Crippen molar-refractivity contribution < 1.29 is 8.42 Å². The number of aryl methyl sites for hydroxylation is 2. The molecule has 0 atom stereocenters. The van der Waals surface area contributed by atoms with Gasteiger partial charge in [-0.05, 0) is 37.6 Å². The number of nitrogens with zero attached hydrogens (tertiary/aromatic N) is 2. The highest BCUT2D eigenvalue weighted by Crippen LogP contribution is 2.28. The first-order chi connectivity index (χ1) is 9.87. The Morgan fingerprint density at radius 2 is 1.90 bits per heavy atom. The molecule has 0 aliphatic rings. The monoisotopic (exact) mass is 305 g/mol. The Hall–Kier alpha value is -2.08. The summed E-state index contributed by atoms with van der Waals surface area (Å²) in [7, 11) is -0.456. The molecular formula is C15H19N3O2S. The van der Waals surface area contributed by atoms with Crippen molar-refractivity contribution in [1.29, 1.82) is 0 Å². The molecule has 0 amide bonds. The predicted octanol–water partition coefficient (Wildman–Crippen LogP) is 2.57. The van der Waals surface area contributed by atoms with Crippen molar-refractivity contribution in [3.8, 4) is 0 Å². The molecule has 0 aliphatic heterocycles. The van der Waals surface area contributed by atoms with E-state index in [0.29, 0.717) is 11.5 Å². The van der Waals surface area contributed by atoms with Gasteiger partial charge in [0.2, 0.25) is 0 Å². The maximum absolute atomic E-state index is 12.8. The number of sulfonamides is 1. The molecule has 1 aromatic carbocycles. The number of hydrogen-bond acceptors (Lipinski definition) is 4. The standard InChI is InChI=1S/C15H19N3O2S/c1-11-7-8-13(12(2)10-11)18(4)21(19,20)14-6-5-9-17-15(14)16-3/h5-10H,1-4H3,(H,16,17). The lowest BCUT2D eigenvalue weighted by Crippen LogP contribution is -2.28. The van der Waals surface area contributed by atoms with Crippen LogP contribution in [0, 0.1) is 13.8 Å². The van der Waals surface area contributed by atoms with Crippen LogP contribution in [-0.2, 0) is 10.0 Å². The molecule has 2 aromatic rings. The highest BCUT2D eigenvalue weighted by molar-refractivity contribution is 7.93. The third kappa shape index (κ3) is 2.85. The summed E-state index contributed by atoms with van der Waals surface area (Å²) >= 11 is 0. The van der Waals surface area contributed by atoms with E-state index in [9.17, 15) is 8.42 Å². The minimum atomic E-state index is -3.66. The number of benzene rings is 1. The van der Waals surface area contributed by atoms with E-state index in [4.69, 9.17) is 0 Å². The van der Waals surface area contributed by atoms with Crippen LogP contribution in [0.15, 0.2) is 41.4 Å². The van der Waals surface area contributed by atoms with E-state index >= 15 is 0 Å². The summed E-state index contributed by atoms with van der Waals surface area (Å²) < 4.78 is 26.9. The molecule has 0 radical (unpaired) electrons. The van der Waals surface area contributed by atoms with Gasteiger partial charge in [-0.3, -0.25) is 4.31 Å². The Balaban J connectivity index is 2.53.